The maximum absolute atomic E-state index is 11.9. The fraction of sp³-hybridized carbons (Fsp3) is 0.750. The normalized spacial score (nSPS) is 17.1. The lowest BCUT2D eigenvalue weighted by molar-refractivity contribution is -0.130. The molecule has 0 aliphatic carbocycles. The molecule has 1 amide bonds. The molecule has 1 aliphatic heterocycles. The Balaban J connectivity index is 1.91. The summed E-state index contributed by atoms with van der Waals surface area (Å²) >= 11 is 0. The van der Waals surface area contributed by atoms with E-state index in [0.717, 1.165) is 44.5 Å². The maximum Gasteiger partial charge on any atom is 0.244 e. The molecule has 0 radical (unpaired) electrons. The van der Waals surface area contributed by atoms with E-state index in [0.29, 0.717) is 0 Å². The Hall–Kier alpha value is -1.43. The molecule has 0 saturated carbocycles. The first-order valence-corrected chi connectivity index (χ1v) is 6.64. The van der Waals surface area contributed by atoms with Gasteiger partial charge < -0.3 is 10.6 Å². The maximum atomic E-state index is 11.9. The lowest BCUT2D eigenvalue weighted by atomic mass is 10.1. The molecule has 1 aromatic rings. The topological polar surface area (TPSA) is 77.0 Å². The minimum Gasteiger partial charge on any atom is -0.341 e. The minimum atomic E-state index is -0.0781. The van der Waals surface area contributed by atoms with E-state index in [4.69, 9.17) is 5.73 Å². The first kappa shape index (κ1) is 13.0. The van der Waals surface area contributed by atoms with Gasteiger partial charge in [-0.25, -0.2) is 4.68 Å². The van der Waals surface area contributed by atoms with Gasteiger partial charge in [0.05, 0.1) is 17.9 Å². The highest BCUT2D eigenvalue weighted by atomic mass is 16.2. The minimum absolute atomic E-state index is 0.0781. The van der Waals surface area contributed by atoms with Crippen LogP contribution in [0.5, 0.6) is 0 Å². The van der Waals surface area contributed by atoms with Crippen LogP contribution in [0.1, 0.15) is 44.3 Å². The first-order valence-electron chi connectivity index (χ1n) is 6.64. The Morgan fingerprint density at radius 1 is 1.50 bits per heavy atom. The van der Waals surface area contributed by atoms with Crippen LogP contribution in [0.15, 0.2) is 6.20 Å². The number of likely N-dealkylation sites (tertiary alicyclic amines) is 1. The Morgan fingerprint density at radius 3 is 2.89 bits per heavy atom. The molecule has 1 aliphatic rings. The van der Waals surface area contributed by atoms with Crippen molar-refractivity contribution < 1.29 is 4.79 Å². The largest absolute Gasteiger partial charge is 0.341 e. The molecule has 1 atom stereocenters. The number of carbonyl (C=O) groups excluding carboxylic acids is 1. The van der Waals surface area contributed by atoms with E-state index >= 15 is 0 Å². The van der Waals surface area contributed by atoms with Gasteiger partial charge in [0.2, 0.25) is 5.91 Å². The summed E-state index contributed by atoms with van der Waals surface area (Å²) < 4.78 is 1.59. The third kappa shape index (κ3) is 3.07. The zero-order valence-electron chi connectivity index (χ0n) is 10.9. The van der Waals surface area contributed by atoms with Crippen molar-refractivity contribution in [3.63, 3.8) is 0 Å². The van der Waals surface area contributed by atoms with Crippen molar-refractivity contribution in [1.29, 1.82) is 0 Å². The Kier molecular flexibility index (Phi) is 4.30. The van der Waals surface area contributed by atoms with Crippen LogP contribution in [0.4, 0.5) is 0 Å². The zero-order valence-corrected chi connectivity index (χ0v) is 10.9. The van der Waals surface area contributed by atoms with Crippen molar-refractivity contribution in [2.24, 2.45) is 5.73 Å². The number of amides is 1. The van der Waals surface area contributed by atoms with Crippen molar-refractivity contribution >= 4 is 5.91 Å². The highest BCUT2D eigenvalue weighted by Crippen LogP contribution is 2.12. The fourth-order valence-corrected chi connectivity index (χ4v) is 2.22. The van der Waals surface area contributed by atoms with E-state index in [1.807, 2.05) is 4.90 Å². The second kappa shape index (κ2) is 5.95. The number of hydrogen-bond donors (Lipinski definition) is 1. The van der Waals surface area contributed by atoms with E-state index in [1.54, 1.807) is 10.9 Å². The predicted octanol–water partition coefficient (Wildman–Crippen LogP) is 0.700. The third-order valence-corrected chi connectivity index (χ3v) is 3.29. The highest BCUT2D eigenvalue weighted by Gasteiger charge is 2.19. The average molecular weight is 251 g/mol. The van der Waals surface area contributed by atoms with Gasteiger partial charge in [0.25, 0.3) is 0 Å². The summed E-state index contributed by atoms with van der Waals surface area (Å²) in [5, 5.41) is 8.00. The van der Waals surface area contributed by atoms with E-state index in [9.17, 15) is 4.79 Å². The van der Waals surface area contributed by atoms with Crippen molar-refractivity contribution in [3.05, 3.63) is 11.9 Å². The van der Waals surface area contributed by atoms with E-state index < -0.39 is 0 Å². The fourth-order valence-electron chi connectivity index (χ4n) is 2.22. The van der Waals surface area contributed by atoms with Gasteiger partial charge in [-0.05, 0) is 19.3 Å². The molecule has 2 rings (SSSR count). The van der Waals surface area contributed by atoms with Crippen molar-refractivity contribution in [2.45, 2.75) is 45.2 Å². The van der Waals surface area contributed by atoms with Crippen LogP contribution in [-0.4, -0.2) is 38.9 Å². The molecule has 6 heteroatoms. The summed E-state index contributed by atoms with van der Waals surface area (Å²) in [7, 11) is 0. The number of carbonyl (C=O) groups is 1. The highest BCUT2D eigenvalue weighted by molar-refractivity contribution is 5.76. The number of hydrogen-bond acceptors (Lipinski definition) is 4. The van der Waals surface area contributed by atoms with E-state index in [2.05, 4.69) is 17.2 Å². The lowest BCUT2D eigenvalue weighted by Crippen LogP contribution is -2.31. The standard InChI is InChI=1S/C12H21N5O/c1-2-5-10(13)11-8-17(15-14-11)9-12(18)16-6-3-4-7-16/h8,10H,2-7,9,13H2,1H3. The summed E-state index contributed by atoms with van der Waals surface area (Å²) in [4.78, 5) is 13.8. The molecule has 18 heavy (non-hydrogen) atoms. The summed E-state index contributed by atoms with van der Waals surface area (Å²) in [6.07, 6.45) is 5.90. The third-order valence-electron chi connectivity index (χ3n) is 3.29. The lowest BCUT2D eigenvalue weighted by Gasteiger charge is -2.14. The molecule has 2 heterocycles. The second-order valence-electron chi connectivity index (χ2n) is 4.82. The smallest absolute Gasteiger partial charge is 0.244 e. The molecule has 1 unspecified atom stereocenters. The number of aromatic nitrogens is 3. The van der Waals surface area contributed by atoms with Crippen LogP contribution >= 0.6 is 0 Å². The molecule has 100 valence electrons. The Bertz CT molecular complexity index is 397. The number of rotatable bonds is 5. The van der Waals surface area contributed by atoms with Gasteiger partial charge in [-0.3, -0.25) is 4.79 Å². The van der Waals surface area contributed by atoms with Crippen LogP contribution in [-0.2, 0) is 11.3 Å². The van der Waals surface area contributed by atoms with E-state index in [-0.39, 0.29) is 18.5 Å². The molecule has 0 spiro atoms. The molecule has 1 aromatic heterocycles. The number of nitrogens with zero attached hydrogens (tertiary/aromatic N) is 4. The predicted molar refractivity (Wildman–Crippen MR) is 67.7 cm³/mol. The van der Waals surface area contributed by atoms with Crippen LogP contribution in [0, 0.1) is 0 Å². The van der Waals surface area contributed by atoms with Gasteiger partial charge >= 0.3 is 0 Å². The molecule has 0 aromatic carbocycles. The summed E-state index contributed by atoms with van der Waals surface area (Å²) in [6, 6.07) is -0.0781. The van der Waals surface area contributed by atoms with Crippen LogP contribution in [0.3, 0.4) is 0 Å². The molecular formula is C12H21N5O. The average Bonchev–Trinajstić information content (AvgIpc) is 2.99. The Morgan fingerprint density at radius 2 is 2.22 bits per heavy atom. The van der Waals surface area contributed by atoms with Gasteiger partial charge in [-0.2, -0.15) is 0 Å². The van der Waals surface area contributed by atoms with Crippen molar-refractivity contribution in [3.8, 4) is 0 Å². The van der Waals surface area contributed by atoms with Gasteiger partial charge in [-0.15, -0.1) is 5.10 Å². The molecule has 1 saturated heterocycles. The van der Waals surface area contributed by atoms with Crippen LogP contribution < -0.4 is 5.73 Å². The van der Waals surface area contributed by atoms with Gasteiger partial charge in [0.15, 0.2) is 0 Å². The molecule has 2 N–H and O–H groups in total. The monoisotopic (exact) mass is 251 g/mol. The number of nitrogens with two attached hydrogens (primary N) is 1. The second-order valence-corrected chi connectivity index (χ2v) is 4.82. The SMILES string of the molecule is CCCC(N)c1cn(CC(=O)N2CCCC2)nn1. The molecule has 1 fully saturated rings. The van der Waals surface area contributed by atoms with Gasteiger partial charge in [-0.1, -0.05) is 18.6 Å². The van der Waals surface area contributed by atoms with Gasteiger partial charge in [0, 0.05) is 13.1 Å². The summed E-state index contributed by atoms with van der Waals surface area (Å²) in [5.41, 5.74) is 6.73. The van der Waals surface area contributed by atoms with E-state index in [1.165, 1.54) is 0 Å². The van der Waals surface area contributed by atoms with Crippen molar-refractivity contribution in [2.75, 3.05) is 13.1 Å². The summed E-state index contributed by atoms with van der Waals surface area (Å²) in [5.74, 6) is 0.119. The Labute approximate surface area is 107 Å². The quantitative estimate of drug-likeness (QED) is 0.835. The molecule has 6 nitrogen and oxygen atoms in total. The molecular weight excluding hydrogens is 230 g/mol. The van der Waals surface area contributed by atoms with Gasteiger partial charge in [0.1, 0.15) is 6.54 Å². The summed E-state index contributed by atoms with van der Waals surface area (Å²) in [6.45, 7) is 4.10. The molecule has 0 bridgehead atoms. The van der Waals surface area contributed by atoms with Crippen molar-refractivity contribution in [1.82, 2.24) is 19.9 Å². The zero-order chi connectivity index (χ0) is 13.0. The van der Waals surface area contributed by atoms with Crippen LogP contribution in [0.2, 0.25) is 0 Å². The van der Waals surface area contributed by atoms with Crippen LogP contribution in [0.25, 0.3) is 0 Å². The first-order chi connectivity index (χ1) is 8.70.